The van der Waals surface area contributed by atoms with Gasteiger partial charge in [0.15, 0.2) is 9.84 Å². The van der Waals surface area contributed by atoms with Crippen LogP contribution in [0.15, 0.2) is 102 Å². The predicted octanol–water partition coefficient (Wildman–Crippen LogP) is 7.86. The number of hydrogen-bond acceptors (Lipinski definition) is 5. The van der Waals surface area contributed by atoms with Gasteiger partial charge in [-0.25, -0.2) is 13.4 Å². The minimum atomic E-state index is -3.29. The summed E-state index contributed by atoms with van der Waals surface area (Å²) in [6, 6.07) is 27.9. The third kappa shape index (κ3) is 7.62. The van der Waals surface area contributed by atoms with Gasteiger partial charge in [0.1, 0.15) is 5.82 Å². The van der Waals surface area contributed by atoms with Crippen LogP contribution in [0.1, 0.15) is 22.5 Å². The van der Waals surface area contributed by atoms with Gasteiger partial charge in [-0.2, -0.15) is 0 Å². The number of sulfone groups is 1. The maximum atomic E-state index is 12.0. The van der Waals surface area contributed by atoms with Crippen LogP contribution < -0.4 is 0 Å². The summed E-state index contributed by atoms with van der Waals surface area (Å²) in [5, 5.41) is 1.06. The second kappa shape index (κ2) is 13.0. The van der Waals surface area contributed by atoms with E-state index >= 15 is 0 Å². The van der Waals surface area contributed by atoms with Crippen molar-refractivity contribution in [2.75, 3.05) is 13.4 Å². The maximum Gasteiger partial charge on any atom is 0.309 e. The lowest BCUT2D eigenvalue weighted by molar-refractivity contribution is -0.139. The largest absolute Gasteiger partial charge is 0.469 e. The van der Waals surface area contributed by atoms with Crippen LogP contribution in [0.4, 0.5) is 0 Å². The van der Waals surface area contributed by atoms with Crippen LogP contribution in [-0.4, -0.2) is 37.3 Å². The first kappa shape index (κ1) is 30.3. The van der Waals surface area contributed by atoms with Gasteiger partial charge < -0.3 is 9.30 Å². The van der Waals surface area contributed by atoms with E-state index in [0.29, 0.717) is 22.3 Å². The zero-order chi connectivity index (χ0) is 30.6. The molecule has 0 fully saturated rings. The third-order valence-corrected chi connectivity index (χ3v) is 8.56. The van der Waals surface area contributed by atoms with E-state index in [-0.39, 0.29) is 17.3 Å². The summed E-state index contributed by atoms with van der Waals surface area (Å²) in [4.78, 5) is 16.8. The highest BCUT2D eigenvalue weighted by Crippen LogP contribution is 2.31. The van der Waals surface area contributed by atoms with Crippen LogP contribution in [0, 0.1) is 0 Å². The van der Waals surface area contributed by atoms with E-state index in [9.17, 15) is 13.2 Å². The fraction of sp³-hybridized carbons (Fsp3) is 0.118. The van der Waals surface area contributed by atoms with E-state index in [2.05, 4.69) is 0 Å². The second-order valence-electron chi connectivity index (χ2n) is 10.1. The van der Waals surface area contributed by atoms with Gasteiger partial charge in [0.2, 0.25) is 0 Å². The highest BCUT2D eigenvalue weighted by molar-refractivity contribution is 7.90. The maximum absolute atomic E-state index is 12.0. The lowest BCUT2D eigenvalue weighted by Gasteiger charge is -2.07. The molecule has 9 heteroatoms. The molecular weight excluding hydrogens is 603 g/mol. The fourth-order valence-corrected chi connectivity index (χ4v) is 5.75. The monoisotopic (exact) mass is 630 g/mol. The van der Waals surface area contributed by atoms with Crippen LogP contribution >= 0.6 is 23.2 Å². The molecule has 0 radical (unpaired) electrons. The minimum absolute atomic E-state index is 0.219. The van der Waals surface area contributed by atoms with Crippen molar-refractivity contribution in [2.24, 2.45) is 0 Å². The van der Waals surface area contributed by atoms with Crippen LogP contribution in [0.25, 0.3) is 34.5 Å². The van der Waals surface area contributed by atoms with E-state index in [1.165, 1.54) is 13.4 Å². The standard InChI is InChI=1S/C34H28Cl2N2O4S/c1-42-34(39)18-24-6-8-25(9-7-24)21-38-22-32(30-16-15-28(35)20-31(30)36)37-33(38)17-12-23-10-13-26(14-11-23)27-4-3-5-29(19-27)43(2,40)41/h3-17,19-20,22H,18,21H2,1-2H3. The van der Waals surface area contributed by atoms with E-state index in [0.717, 1.165) is 39.2 Å². The van der Waals surface area contributed by atoms with Crippen molar-refractivity contribution in [1.29, 1.82) is 0 Å². The summed E-state index contributed by atoms with van der Waals surface area (Å²) in [6.45, 7) is 0.548. The number of carbonyl (C=O) groups excluding carboxylic acids is 1. The number of imidazole rings is 1. The van der Waals surface area contributed by atoms with Crippen molar-refractivity contribution in [3.63, 3.8) is 0 Å². The lowest BCUT2D eigenvalue weighted by Crippen LogP contribution is -2.05. The van der Waals surface area contributed by atoms with E-state index in [1.807, 2.05) is 83.6 Å². The van der Waals surface area contributed by atoms with Crippen LogP contribution in [0.3, 0.4) is 0 Å². The van der Waals surface area contributed by atoms with Gasteiger partial charge in [-0.3, -0.25) is 4.79 Å². The minimum Gasteiger partial charge on any atom is -0.469 e. The summed E-state index contributed by atoms with van der Waals surface area (Å²) in [5.74, 6) is 0.444. The molecule has 0 saturated heterocycles. The number of methoxy groups -OCH3 is 1. The molecule has 1 aromatic heterocycles. The average molecular weight is 632 g/mol. The van der Waals surface area contributed by atoms with E-state index in [4.69, 9.17) is 32.9 Å². The van der Waals surface area contributed by atoms with Crippen molar-refractivity contribution in [3.05, 3.63) is 130 Å². The molecule has 0 N–H and O–H groups in total. The van der Waals surface area contributed by atoms with Crippen LogP contribution in [0.5, 0.6) is 0 Å². The average Bonchev–Trinajstić information content (AvgIpc) is 3.38. The quantitative estimate of drug-likeness (QED) is 0.155. The number of ether oxygens (including phenoxy) is 1. The first-order valence-corrected chi connectivity index (χ1v) is 16.0. The number of aromatic nitrogens is 2. The zero-order valence-corrected chi connectivity index (χ0v) is 25.8. The molecule has 0 unspecified atom stereocenters. The van der Waals surface area contributed by atoms with Crippen LogP contribution in [0.2, 0.25) is 10.0 Å². The van der Waals surface area contributed by atoms with Gasteiger partial charge in [0.25, 0.3) is 0 Å². The van der Waals surface area contributed by atoms with Crippen molar-refractivity contribution < 1.29 is 17.9 Å². The second-order valence-corrected chi connectivity index (χ2v) is 12.9. The highest BCUT2D eigenvalue weighted by atomic mass is 35.5. The topological polar surface area (TPSA) is 78.3 Å². The van der Waals surface area contributed by atoms with Gasteiger partial charge in [-0.05, 0) is 64.2 Å². The summed E-state index contributed by atoms with van der Waals surface area (Å²) in [6.07, 6.45) is 7.29. The van der Waals surface area contributed by atoms with Gasteiger partial charge in [0, 0.05) is 29.6 Å². The SMILES string of the molecule is COC(=O)Cc1ccc(Cn2cc(-c3ccc(Cl)cc3Cl)nc2C=Cc2ccc(-c3cccc(S(C)(=O)=O)c3)cc2)cc1. The van der Waals surface area contributed by atoms with Crippen molar-refractivity contribution in [1.82, 2.24) is 9.55 Å². The Hall–Kier alpha value is -4.17. The van der Waals surface area contributed by atoms with Gasteiger partial charge >= 0.3 is 5.97 Å². The van der Waals surface area contributed by atoms with E-state index in [1.54, 1.807) is 30.3 Å². The Morgan fingerprint density at radius 2 is 1.60 bits per heavy atom. The number of hydrogen-bond donors (Lipinski definition) is 0. The summed E-state index contributed by atoms with van der Waals surface area (Å²) in [5.41, 5.74) is 6.10. The molecule has 43 heavy (non-hydrogen) atoms. The molecule has 1 heterocycles. The molecule has 6 nitrogen and oxygen atoms in total. The first-order chi connectivity index (χ1) is 20.6. The third-order valence-electron chi connectivity index (χ3n) is 6.90. The molecule has 0 atom stereocenters. The summed E-state index contributed by atoms with van der Waals surface area (Å²) >= 11 is 12.6. The lowest BCUT2D eigenvalue weighted by atomic mass is 10.0. The Bertz CT molecular complexity index is 1910. The van der Waals surface area contributed by atoms with Crippen molar-refractivity contribution >= 4 is 51.2 Å². The van der Waals surface area contributed by atoms with Gasteiger partial charge in [0.05, 0.1) is 29.1 Å². The molecule has 5 aromatic rings. The Morgan fingerprint density at radius 1 is 0.884 bits per heavy atom. The highest BCUT2D eigenvalue weighted by Gasteiger charge is 2.13. The number of nitrogens with zero attached hydrogens (tertiary/aromatic N) is 2. The molecule has 0 spiro atoms. The molecule has 5 rings (SSSR count). The Morgan fingerprint density at radius 3 is 2.28 bits per heavy atom. The Balaban J connectivity index is 1.43. The fourth-order valence-electron chi connectivity index (χ4n) is 4.58. The van der Waals surface area contributed by atoms with E-state index < -0.39 is 9.84 Å². The normalized spacial score (nSPS) is 11.6. The molecular formula is C34H28Cl2N2O4S. The molecule has 0 saturated carbocycles. The predicted molar refractivity (Wildman–Crippen MR) is 173 cm³/mol. The molecule has 0 aliphatic carbocycles. The van der Waals surface area contributed by atoms with Gasteiger partial charge in [-0.1, -0.05) is 89.9 Å². The molecule has 0 amide bonds. The zero-order valence-electron chi connectivity index (χ0n) is 23.5. The Labute approximate surface area is 261 Å². The number of rotatable bonds is 9. The molecule has 218 valence electrons. The summed E-state index contributed by atoms with van der Waals surface area (Å²) < 4.78 is 30.8. The van der Waals surface area contributed by atoms with Gasteiger partial charge in [-0.15, -0.1) is 0 Å². The summed E-state index contributed by atoms with van der Waals surface area (Å²) in [7, 11) is -1.91. The molecule has 0 aliphatic heterocycles. The number of halogens is 2. The van der Waals surface area contributed by atoms with Crippen molar-refractivity contribution in [2.45, 2.75) is 17.9 Å². The molecule has 0 bridgehead atoms. The molecule has 0 aliphatic rings. The molecule has 4 aromatic carbocycles. The number of benzene rings is 4. The Kier molecular flexibility index (Phi) is 9.16. The first-order valence-electron chi connectivity index (χ1n) is 13.3. The smallest absolute Gasteiger partial charge is 0.309 e. The van der Waals surface area contributed by atoms with Crippen molar-refractivity contribution in [3.8, 4) is 22.4 Å². The number of carbonyl (C=O) groups is 1. The van der Waals surface area contributed by atoms with Crippen LogP contribution in [-0.2, 0) is 32.3 Å². The number of esters is 1.